The monoisotopic (exact) mass is 476 g/mol. The molecule has 0 fully saturated rings. The first kappa shape index (κ1) is 27.0. The fraction of sp³-hybridized carbons (Fsp3) is 0.259. The van der Waals surface area contributed by atoms with E-state index in [4.69, 9.17) is 9.47 Å². The number of rotatable bonds is 16. The fourth-order valence-electron chi connectivity index (χ4n) is 2.94. The van der Waals surface area contributed by atoms with Gasteiger partial charge < -0.3 is 9.47 Å². The van der Waals surface area contributed by atoms with Crippen LogP contribution in [0, 0.1) is 0 Å². The topological polar surface area (TPSA) is 101 Å². The third-order valence-electron chi connectivity index (χ3n) is 4.64. The van der Waals surface area contributed by atoms with Crippen LogP contribution in [-0.4, -0.2) is 37.5 Å². The number of carbonyl (C=O) groups is 2. The largest absolute Gasteiger partial charge is 0.489 e. The van der Waals surface area contributed by atoms with Gasteiger partial charge in [-0.2, -0.15) is 10.2 Å². The molecule has 184 valence electrons. The van der Waals surface area contributed by atoms with Gasteiger partial charge in [0.15, 0.2) is 0 Å². The van der Waals surface area contributed by atoms with Gasteiger partial charge in [-0.1, -0.05) is 56.0 Å². The molecule has 0 spiro atoms. The SMILES string of the molecule is C=CCOc1ccccc1C=NNC(=O)CCCCCC(=O)NN=Cc1ccccc1OCC=C. The van der Waals surface area contributed by atoms with Crippen LogP contribution in [0.4, 0.5) is 0 Å². The molecule has 2 aromatic carbocycles. The van der Waals surface area contributed by atoms with Crippen LogP contribution in [-0.2, 0) is 9.59 Å². The highest BCUT2D eigenvalue weighted by molar-refractivity contribution is 5.86. The van der Waals surface area contributed by atoms with Gasteiger partial charge in [0.25, 0.3) is 0 Å². The van der Waals surface area contributed by atoms with Gasteiger partial charge in [-0.3, -0.25) is 9.59 Å². The molecule has 0 aliphatic rings. The Bertz CT molecular complexity index is 952. The Morgan fingerprint density at radius 3 is 1.57 bits per heavy atom. The van der Waals surface area contributed by atoms with Gasteiger partial charge in [0.2, 0.25) is 11.8 Å². The van der Waals surface area contributed by atoms with Crippen LogP contribution in [0.3, 0.4) is 0 Å². The number of hydrogen-bond donors (Lipinski definition) is 2. The predicted octanol–water partition coefficient (Wildman–Crippen LogP) is 4.37. The molecule has 2 rings (SSSR count). The first-order chi connectivity index (χ1) is 17.1. The molecule has 0 heterocycles. The average Bonchev–Trinajstić information content (AvgIpc) is 2.87. The van der Waals surface area contributed by atoms with Crippen LogP contribution < -0.4 is 20.3 Å². The highest BCUT2D eigenvalue weighted by atomic mass is 16.5. The maximum atomic E-state index is 12.0. The molecule has 2 aromatic rings. The van der Waals surface area contributed by atoms with Gasteiger partial charge in [0.1, 0.15) is 24.7 Å². The van der Waals surface area contributed by atoms with E-state index in [9.17, 15) is 9.59 Å². The first-order valence-electron chi connectivity index (χ1n) is 11.4. The second-order valence-electron chi connectivity index (χ2n) is 7.42. The van der Waals surface area contributed by atoms with Crippen LogP contribution >= 0.6 is 0 Å². The molecule has 0 aromatic heterocycles. The fourth-order valence-corrected chi connectivity index (χ4v) is 2.94. The van der Waals surface area contributed by atoms with Crippen molar-refractivity contribution >= 4 is 24.2 Å². The van der Waals surface area contributed by atoms with Crippen molar-refractivity contribution in [3.63, 3.8) is 0 Å². The molecular formula is C27H32N4O4. The van der Waals surface area contributed by atoms with E-state index < -0.39 is 0 Å². The van der Waals surface area contributed by atoms with Crippen LogP contribution in [0.5, 0.6) is 11.5 Å². The molecule has 0 unspecified atom stereocenters. The van der Waals surface area contributed by atoms with E-state index in [1.54, 1.807) is 24.6 Å². The Morgan fingerprint density at radius 1 is 0.714 bits per heavy atom. The van der Waals surface area contributed by atoms with Crippen LogP contribution in [0.15, 0.2) is 84.0 Å². The van der Waals surface area contributed by atoms with Gasteiger partial charge >= 0.3 is 0 Å². The maximum Gasteiger partial charge on any atom is 0.240 e. The summed E-state index contributed by atoms with van der Waals surface area (Å²) in [5.41, 5.74) is 6.55. The number of benzene rings is 2. The van der Waals surface area contributed by atoms with E-state index in [-0.39, 0.29) is 11.8 Å². The van der Waals surface area contributed by atoms with Crippen molar-refractivity contribution in [1.82, 2.24) is 10.9 Å². The summed E-state index contributed by atoms with van der Waals surface area (Å²) in [5, 5.41) is 7.99. The summed E-state index contributed by atoms with van der Waals surface area (Å²) in [6.45, 7) is 8.03. The summed E-state index contributed by atoms with van der Waals surface area (Å²) in [7, 11) is 0. The van der Waals surface area contributed by atoms with Crippen molar-refractivity contribution < 1.29 is 19.1 Å². The van der Waals surface area contributed by atoms with Crippen LogP contribution in [0.1, 0.15) is 43.2 Å². The summed E-state index contributed by atoms with van der Waals surface area (Å²) >= 11 is 0. The second kappa shape index (κ2) is 16.4. The van der Waals surface area contributed by atoms with E-state index in [1.165, 1.54) is 0 Å². The van der Waals surface area contributed by atoms with E-state index in [1.807, 2.05) is 48.5 Å². The molecular weight excluding hydrogens is 444 g/mol. The van der Waals surface area contributed by atoms with Gasteiger partial charge in [0.05, 0.1) is 12.4 Å². The molecule has 35 heavy (non-hydrogen) atoms. The molecule has 8 nitrogen and oxygen atoms in total. The van der Waals surface area contributed by atoms with E-state index in [0.717, 1.165) is 17.5 Å². The number of amides is 2. The number of hydrazone groups is 2. The van der Waals surface area contributed by atoms with Crippen molar-refractivity contribution in [2.45, 2.75) is 32.1 Å². The van der Waals surface area contributed by atoms with Gasteiger partial charge in [-0.25, -0.2) is 10.9 Å². The second-order valence-corrected chi connectivity index (χ2v) is 7.42. The Hall–Kier alpha value is -4.20. The molecule has 0 aliphatic heterocycles. The summed E-state index contributed by atoms with van der Waals surface area (Å²) in [4.78, 5) is 23.9. The molecule has 0 radical (unpaired) electrons. The zero-order valence-corrected chi connectivity index (χ0v) is 19.8. The molecule has 0 saturated carbocycles. The number of carbonyl (C=O) groups excluding carboxylic acids is 2. The van der Waals surface area contributed by atoms with Crippen LogP contribution in [0.25, 0.3) is 0 Å². The lowest BCUT2D eigenvalue weighted by molar-refractivity contribution is -0.121. The standard InChI is InChI=1S/C27H32N4O4/c1-3-18-34-24-14-10-8-12-22(24)20-28-30-26(32)16-6-5-7-17-27(33)31-29-21-23-13-9-11-15-25(23)35-19-4-2/h3-4,8-15,20-21H,1-2,5-7,16-19H2,(H,30,32)(H,31,33). The van der Waals surface area contributed by atoms with Crippen molar-refractivity contribution in [1.29, 1.82) is 0 Å². The number of hydrogen-bond acceptors (Lipinski definition) is 6. The highest BCUT2D eigenvalue weighted by Gasteiger charge is 2.04. The summed E-state index contributed by atoms with van der Waals surface area (Å²) < 4.78 is 11.1. The average molecular weight is 477 g/mol. The quantitative estimate of drug-likeness (QED) is 0.163. The maximum absolute atomic E-state index is 12.0. The van der Waals surface area contributed by atoms with E-state index in [0.29, 0.717) is 50.4 Å². The molecule has 0 aliphatic carbocycles. The minimum absolute atomic E-state index is 0.183. The minimum Gasteiger partial charge on any atom is -0.489 e. The number of nitrogens with zero attached hydrogens (tertiary/aromatic N) is 2. The Morgan fingerprint density at radius 2 is 1.14 bits per heavy atom. The minimum atomic E-state index is -0.183. The third kappa shape index (κ3) is 11.0. The van der Waals surface area contributed by atoms with Gasteiger partial charge in [-0.05, 0) is 37.1 Å². The molecule has 2 N–H and O–H groups in total. The van der Waals surface area contributed by atoms with E-state index in [2.05, 4.69) is 34.2 Å². The molecule has 0 saturated heterocycles. The Balaban J connectivity index is 1.62. The number of nitrogens with one attached hydrogen (secondary N) is 2. The smallest absolute Gasteiger partial charge is 0.240 e. The lowest BCUT2D eigenvalue weighted by Crippen LogP contribution is -2.18. The highest BCUT2D eigenvalue weighted by Crippen LogP contribution is 2.16. The Labute approximate surface area is 206 Å². The van der Waals surface area contributed by atoms with Crippen LogP contribution in [0.2, 0.25) is 0 Å². The predicted molar refractivity (Wildman–Crippen MR) is 139 cm³/mol. The zero-order valence-electron chi connectivity index (χ0n) is 19.8. The van der Waals surface area contributed by atoms with Gasteiger partial charge in [-0.15, -0.1) is 0 Å². The third-order valence-corrected chi connectivity index (χ3v) is 4.64. The summed E-state index contributed by atoms with van der Waals surface area (Å²) in [6.07, 6.45) is 9.12. The normalized spacial score (nSPS) is 10.7. The zero-order chi connectivity index (χ0) is 25.1. The summed E-state index contributed by atoms with van der Waals surface area (Å²) in [6, 6.07) is 14.8. The van der Waals surface area contributed by atoms with Crippen molar-refractivity contribution in [2.24, 2.45) is 10.2 Å². The molecule has 0 bridgehead atoms. The lowest BCUT2D eigenvalue weighted by Gasteiger charge is -2.06. The molecule has 8 heteroatoms. The summed E-state index contributed by atoms with van der Waals surface area (Å²) in [5.74, 6) is 0.964. The first-order valence-corrected chi connectivity index (χ1v) is 11.4. The van der Waals surface area contributed by atoms with Crippen molar-refractivity contribution in [2.75, 3.05) is 13.2 Å². The number of unbranched alkanes of at least 4 members (excludes halogenated alkanes) is 2. The molecule has 2 amide bonds. The van der Waals surface area contributed by atoms with Crippen molar-refractivity contribution in [3.8, 4) is 11.5 Å². The van der Waals surface area contributed by atoms with E-state index >= 15 is 0 Å². The number of para-hydroxylation sites is 2. The lowest BCUT2D eigenvalue weighted by atomic mass is 10.1. The Kier molecular flexibility index (Phi) is 12.7. The van der Waals surface area contributed by atoms with Crippen molar-refractivity contribution in [3.05, 3.63) is 85.0 Å². The van der Waals surface area contributed by atoms with Gasteiger partial charge in [0, 0.05) is 24.0 Å². The molecule has 0 atom stereocenters. The number of ether oxygens (including phenoxy) is 2.